The number of hydrogen-bond acceptors (Lipinski definition) is 3. The van der Waals surface area contributed by atoms with E-state index >= 15 is 0 Å². The van der Waals surface area contributed by atoms with E-state index in [2.05, 4.69) is 5.32 Å². The molecule has 5 heteroatoms. The summed E-state index contributed by atoms with van der Waals surface area (Å²) in [4.78, 5) is 11.7. The molecule has 0 aliphatic rings. The molecule has 21 heavy (non-hydrogen) atoms. The SMILES string of the molecule is Nc1ccc(OCCC(=O)NCc2ccccc2Cl)cc1. The Hall–Kier alpha value is -2.20. The van der Waals surface area contributed by atoms with Crippen LogP contribution in [0.1, 0.15) is 12.0 Å². The highest BCUT2D eigenvalue weighted by Crippen LogP contribution is 2.15. The maximum absolute atomic E-state index is 11.7. The van der Waals surface area contributed by atoms with Crippen LogP contribution in [0.2, 0.25) is 5.02 Å². The lowest BCUT2D eigenvalue weighted by Gasteiger charge is -2.08. The van der Waals surface area contributed by atoms with Crippen LogP contribution in [0.3, 0.4) is 0 Å². The lowest BCUT2D eigenvalue weighted by molar-refractivity contribution is -0.121. The number of anilines is 1. The summed E-state index contributed by atoms with van der Waals surface area (Å²) in [6.45, 7) is 0.735. The van der Waals surface area contributed by atoms with Crippen LogP contribution in [0.5, 0.6) is 5.75 Å². The first-order chi connectivity index (χ1) is 10.1. The van der Waals surface area contributed by atoms with E-state index in [1.54, 1.807) is 30.3 Å². The van der Waals surface area contributed by atoms with Crippen molar-refractivity contribution in [1.29, 1.82) is 0 Å². The minimum Gasteiger partial charge on any atom is -0.493 e. The van der Waals surface area contributed by atoms with E-state index in [0.29, 0.717) is 29.6 Å². The number of rotatable bonds is 6. The molecule has 4 nitrogen and oxygen atoms in total. The number of amides is 1. The van der Waals surface area contributed by atoms with E-state index < -0.39 is 0 Å². The Bertz CT molecular complexity index is 599. The molecule has 110 valence electrons. The number of benzene rings is 2. The molecule has 2 aromatic carbocycles. The Morgan fingerprint density at radius 3 is 2.57 bits per heavy atom. The van der Waals surface area contributed by atoms with Gasteiger partial charge in [-0.1, -0.05) is 29.8 Å². The van der Waals surface area contributed by atoms with Gasteiger partial charge in [0.2, 0.25) is 5.91 Å². The smallest absolute Gasteiger partial charge is 0.223 e. The second kappa shape index (κ2) is 7.55. The molecule has 0 atom stereocenters. The van der Waals surface area contributed by atoms with Crippen LogP contribution >= 0.6 is 11.6 Å². The molecular weight excluding hydrogens is 288 g/mol. The van der Waals surface area contributed by atoms with E-state index in [4.69, 9.17) is 22.1 Å². The third kappa shape index (κ3) is 5.00. The molecule has 0 saturated heterocycles. The van der Waals surface area contributed by atoms with Gasteiger partial charge >= 0.3 is 0 Å². The number of nitrogens with one attached hydrogen (secondary N) is 1. The van der Waals surface area contributed by atoms with Crippen molar-refractivity contribution in [2.24, 2.45) is 0 Å². The number of nitrogen functional groups attached to an aromatic ring is 1. The minimum atomic E-state index is -0.0784. The summed E-state index contributed by atoms with van der Waals surface area (Å²) in [6, 6.07) is 14.5. The molecule has 2 aromatic rings. The fourth-order valence-corrected chi connectivity index (χ4v) is 1.95. The summed E-state index contributed by atoms with van der Waals surface area (Å²) in [5, 5.41) is 3.46. The van der Waals surface area contributed by atoms with Crippen LogP contribution < -0.4 is 15.8 Å². The average molecular weight is 305 g/mol. The van der Waals surface area contributed by atoms with Crippen molar-refractivity contribution in [3.8, 4) is 5.75 Å². The largest absolute Gasteiger partial charge is 0.493 e. The number of hydrogen-bond donors (Lipinski definition) is 2. The number of nitrogens with two attached hydrogens (primary N) is 1. The molecule has 2 rings (SSSR count). The topological polar surface area (TPSA) is 64.3 Å². The molecule has 0 bridgehead atoms. The molecule has 0 saturated carbocycles. The van der Waals surface area contributed by atoms with Gasteiger partial charge in [-0.15, -0.1) is 0 Å². The Kier molecular flexibility index (Phi) is 5.46. The molecule has 0 aromatic heterocycles. The van der Waals surface area contributed by atoms with Gasteiger partial charge in [0.05, 0.1) is 13.0 Å². The van der Waals surface area contributed by atoms with Gasteiger partial charge in [0.15, 0.2) is 0 Å². The van der Waals surface area contributed by atoms with Crippen molar-refractivity contribution in [1.82, 2.24) is 5.32 Å². The Labute approximate surface area is 128 Å². The molecule has 1 amide bonds. The van der Waals surface area contributed by atoms with Crippen molar-refractivity contribution in [3.05, 3.63) is 59.1 Å². The third-order valence-corrected chi connectivity index (χ3v) is 3.28. The maximum Gasteiger partial charge on any atom is 0.223 e. The predicted molar refractivity (Wildman–Crippen MR) is 84.3 cm³/mol. The van der Waals surface area contributed by atoms with E-state index in [1.807, 2.05) is 18.2 Å². The van der Waals surface area contributed by atoms with Gasteiger partial charge in [-0.3, -0.25) is 4.79 Å². The van der Waals surface area contributed by atoms with Gasteiger partial charge in [0, 0.05) is 17.3 Å². The quantitative estimate of drug-likeness (QED) is 0.806. The summed E-state index contributed by atoms with van der Waals surface area (Å²) in [5.74, 6) is 0.619. The van der Waals surface area contributed by atoms with Crippen molar-refractivity contribution in [2.45, 2.75) is 13.0 Å². The van der Waals surface area contributed by atoms with Crippen molar-refractivity contribution < 1.29 is 9.53 Å². The van der Waals surface area contributed by atoms with Gasteiger partial charge in [0.25, 0.3) is 0 Å². The molecule has 0 heterocycles. The Balaban J connectivity index is 1.70. The summed E-state index contributed by atoms with van der Waals surface area (Å²) in [7, 11) is 0. The van der Waals surface area contributed by atoms with E-state index in [0.717, 1.165) is 5.56 Å². The predicted octanol–water partition coefficient (Wildman–Crippen LogP) is 3.01. The Morgan fingerprint density at radius 1 is 1.14 bits per heavy atom. The zero-order valence-electron chi connectivity index (χ0n) is 11.5. The molecule has 0 radical (unpaired) electrons. The van der Waals surface area contributed by atoms with E-state index in [-0.39, 0.29) is 12.3 Å². The van der Waals surface area contributed by atoms with Crippen molar-refractivity contribution >= 4 is 23.2 Å². The van der Waals surface area contributed by atoms with E-state index in [9.17, 15) is 4.79 Å². The highest BCUT2D eigenvalue weighted by molar-refractivity contribution is 6.31. The van der Waals surface area contributed by atoms with Crippen molar-refractivity contribution in [3.63, 3.8) is 0 Å². The molecule has 0 aliphatic heterocycles. The standard InChI is InChI=1S/C16H17ClN2O2/c17-15-4-2-1-3-12(15)11-19-16(20)9-10-21-14-7-5-13(18)6-8-14/h1-8H,9-11,18H2,(H,19,20). The summed E-state index contributed by atoms with van der Waals surface area (Å²) < 4.78 is 5.46. The van der Waals surface area contributed by atoms with Crippen LogP contribution in [-0.2, 0) is 11.3 Å². The first-order valence-corrected chi connectivity index (χ1v) is 7.01. The molecule has 3 N–H and O–H groups in total. The van der Waals surface area contributed by atoms with Crippen LogP contribution in [0.15, 0.2) is 48.5 Å². The number of carbonyl (C=O) groups is 1. The number of ether oxygens (including phenoxy) is 1. The van der Waals surface area contributed by atoms with Gasteiger partial charge in [-0.2, -0.15) is 0 Å². The van der Waals surface area contributed by atoms with Gasteiger partial charge in [0.1, 0.15) is 5.75 Å². The molecule has 0 spiro atoms. The zero-order chi connectivity index (χ0) is 15.1. The van der Waals surface area contributed by atoms with Gasteiger partial charge in [-0.05, 0) is 35.9 Å². The van der Waals surface area contributed by atoms with Crippen LogP contribution in [0, 0.1) is 0 Å². The highest BCUT2D eigenvalue weighted by Gasteiger charge is 2.04. The second-order valence-electron chi connectivity index (χ2n) is 4.54. The van der Waals surface area contributed by atoms with Crippen LogP contribution in [-0.4, -0.2) is 12.5 Å². The highest BCUT2D eigenvalue weighted by atomic mass is 35.5. The third-order valence-electron chi connectivity index (χ3n) is 2.91. The zero-order valence-corrected chi connectivity index (χ0v) is 12.3. The minimum absolute atomic E-state index is 0.0784. The summed E-state index contributed by atoms with van der Waals surface area (Å²) in [5.41, 5.74) is 7.16. The van der Waals surface area contributed by atoms with Gasteiger partial charge < -0.3 is 15.8 Å². The molecule has 0 fully saturated rings. The first kappa shape index (κ1) is 15.2. The monoisotopic (exact) mass is 304 g/mol. The van der Waals surface area contributed by atoms with Gasteiger partial charge in [-0.25, -0.2) is 0 Å². The molecule has 0 unspecified atom stereocenters. The first-order valence-electron chi connectivity index (χ1n) is 6.63. The molecular formula is C16H17ClN2O2. The lowest BCUT2D eigenvalue weighted by atomic mass is 10.2. The number of carbonyl (C=O) groups excluding carboxylic acids is 1. The van der Waals surface area contributed by atoms with Crippen LogP contribution in [0.25, 0.3) is 0 Å². The number of halogens is 1. The lowest BCUT2D eigenvalue weighted by Crippen LogP contribution is -2.24. The maximum atomic E-state index is 11.7. The average Bonchev–Trinajstić information content (AvgIpc) is 2.48. The molecule has 0 aliphatic carbocycles. The van der Waals surface area contributed by atoms with Crippen molar-refractivity contribution in [2.75, 3.05) is 12.3 Å². The fraction of sp³-hybridized carbons (Fsp3) is 0.188. The second-order valence-corrected chi connectivity index (χ2v) is 4.94. The normalized spacial score (nSPS) is 10.1. The fourth-order valence-electron chi connectivity index (χ4n) is 1.75. The summed E-state index contributed by atoms with van der Waals surface area (Å²) in [6.07, 6.45) is 0.287. The summed E-state index contributed by atoms with van der Waals surface area (Å²) >= 11 is 6.02. The Morgan fingerprint density at radius 2 is 1.86 bits per heavy atom. The van der Waals surface area contributed by atoms with E-state index in [1.165, 1.54) is 0 Å². The van der Waals surface area contributed by atoms with Crippen LogP contribution in [0.4, 0.5) is 5.69 Å².